The lowest BCUT2D eigenvalue weighted by atomic mass is 10.1. The van der Waals surface area contributed by atoms with Crippen molar-refractivity contribution in [2.24, 2.45) is 0 Å². The molecular weight excluding hydrogens is 385 g/mol. The van der Waals surface area contributed by atoms with Gasteiger partial charge in [-0.15, -0.1) is 0 Å². The molecule has 7 heteroatoms. The molecule has 162 valence electrons. The summed E-state index contributed by atoms with van der Waals surface area (Å²) in [5.74, 6) is 0.467. The maximum absolute atomic E-state index is 13.6. The van der Waals surface area contributed by atoms with E-state index in [0.717, 1.165) is 42.9 Å². The van der Waals surface area contributed by atoms with Crippen LogP contribution in [0, 0.1) is 5.82 Å². The molecule has 1 heterocycles. The molecule has 6 nitrogen and oxygen atoms in total. The average Bonchev–Trinajstić information content (AvgIpc) is 2.74. The first kappa shape index (κ1) is 22.2. The van der Waals surface area contributed by atoms with Gasteiger partial charge in [0.05, 0.1) is 20.3 Å². The first-order valence-corrected chi connectivity index (χ1v) is 10.2. The summed E-state index contributed by atoms with van der Waals surface area (Å²) < 4.78 is 24.1. The van der Waals surface area contributed by atoms with Gasteiger partial charge >= 0.3 is 0 Å². The Morgan fingerprint density at radius 2 is 1.77 bits per heavy atom. The predicted molar refractivity (Wildman–Crippen MR) is 114 cm³/mol. The fourth-order valence-corrected chi connectivity index (χ4v) is 3.67. The highest BCUT2D eigenvalue weighted by atomic mass is 19.1. The molecule has 1 aliphatic rings. The third-order valence-corrected chi connectivity index (χ3v) is 5.26. The van der Waals surface area contributed by atoms with E-state index in [4.69, 9.17) is 9.47 Å². The highest BCUT2D eigenvalue weighted by Crippen LogP contribution is 2.21. The van der Waals surface area contributed by atoms with Crippen molar-refractivity contribution >= 4 is 5.91 Å². The molecule has 0 aromatic heterocycles. The van der Waals surface area contributed by atoms with Gasteiger partial charge in [-0.25, -0.2) is 4.39 Å². The first-order chi connectivity index (χ1) is 14.6. The van der Waals surface area contributed by atoms with E-state index in [1.807, 2.05) is 24.3 Å². The van der Waals surface area contributed by atoms with Crippen LogP contribution in [0.25, 0.3) is 0 Å². The molecule has 0 saturated carbocycles. The summed E-state index contributed by atoms with van der Waals surface area (Å²) in [6, 6.07) is 12.6. The van der Waals surface area contributed by atoms with Gasteiger partial charge in [-0.3, -0.25) is 14.6 Å². The van der Waals surface area contributed by atoms with Gasteiger partial charge in [0.15, 0.2) is 0 Å². The van der Waals surface area contributed by atoms with E-state index in [1.54, 1.807) is 20.3 Å². The number of amides is 1. The lowest BCUT2D eigenvalue weighted by Gasteiger charge is -2.34. The lowest BCUT2D eigenvalue weighted by molar-refractivity contribution is -0.122. The number of hydrogen-bond donors (Lipinski definition) is 1. The van der Waals surface area contributed by atoms with Gasteiger partial charge in [-0.05, 0) is 29.3 Å². The van der Waals surface area contributed by atoms with E-state index in [1.165, 1.54) is 12.1 Å². The quantitative estimate of drug-likeness (QED) is 0.682. The molecular formula is C23H30FN3O3. The molecule has 30 heavy (non-hydrogen) atoms. The van der Waals surface area contributed by atoms with Crippen LogP contribution in [0.5, 0.6) is 5.75 Å². The molecule has 1 N–H and O–H groups in total. The summed E-state index contributed by atoms with van der Waals surface area (Å²) in [6.07, 6.45) is 0. The van der Waals surface area contributed by atoms with Crippen molar-refractivity contribution in [1.82, 2.24) is 15.1 Å². The fraction of sp³-hybridized carbons (Fsp3) is 0.435. The molecule has 1 saturated heterocycles. The highest BCUT2D eigenvalue weighted by Gasteiger charge is 2.20. The predicted octanol–water partition coefficient (Wildman–Crippen LogP) is 2.41. The molecule has 3 rings (SSSR count). The third-order valence-electron chi connectivity index (χ3n) is 5.26. The van der Waals surface area contributed by atoms with E-state index in [0.29, 0.717) is 32.0 Å². The van der Waals surface area contributed by atoms with Crippen LogP contribution in [0.1, 0.15) is 16.7 Å². The summed E-state index contributed by atoms with van der Waals surface area (Å²) >= 11 is 0. The van der Waals surface area contributed by atoms with Crippen LogP contribution in [0.3, 0.4) is 0 Å². The van der Waals surface area contributed by atoms with Gasteiger partial charge in [0.25, 0.3) is 0 Å². The molecule has 0 radical (unpaired) electrons. The molecule has 1 amide bonds. The monoisotopic (exact) mass is 415 g/mol. The zero-order valence-corrected chi connectivity index (χ0v) is 17.7. The SMILES string of the molecule is COCc1cccc(CNC(=O)CN2CCN(Cc3cc(F)ccc3OC)CC2)c1. The van der Waals surface area contributed by atoms with Crippen LogP contribution in [0.15, 0.2) is 42.5 Å². The van der Waals surface area contributed by atoms with Crippen molar-refractivity contribution in [1.29, 1.82) is 0 Å². The Morgan fingerprint density at radius 1 is 1.03 bits per heavy atom. The minimum Gasteiger partial charge on any atom is -0.496 e. The molecule has 2 aromatic carbocycles. The number of carbonyl (C=O) groups is 1. The Labute approximate surface area is 177 Å². The number of halogens is 1. The van der Waals surface area contributed by atoms with Crippen LogP contribution in [0.4, 0.5) is 4.39 Å². The maximum atomic E-state index is 13.6. The van der Waals surface area contributed by atoms with Crippen molar-refractivity contribution in [2.45, 2.75) is 19.7 Å². The first-order valence-electron chi connectivity index (χ1n) is 10.2. The Kier molecular flexibility index (Phi) is 8.19. The Morgan fingerprint density at radius 3 is 2.50 bits per heavy atom. The van der Waals surface area contributed by atoms with Crippen LogP contribution < -0.4 is 10.1 Å². The molecule has 2 aromatic rings. The van der Waals surface area contributed by atoms with E-state index >= 15 is 0 Å². The van der Waals surface area contributed by atoms with E-state index in [9.17, 15) is 9.18 Å². The molecule has 1 fully saturated rings. The number of methoxy groups -OCH3 is 2. The molecule has 0 bridgehead atoms. The normalized spacial score (nSPS) is 15.2. The van der Waals surface area contributed by atoms with Gasteiger partial charge < -0.3 is 14.8 Å². The largest absolute Gasteiger partial charge is 0.496 e. The van der Waals surface area contributed by atoms with Gasteiger partial charge in [-0.1, -0.05) is 24.3 Å². The Balaban J connectivity index is 1.42. The minimum absolute atomic E-state index is 0.0207. The number of nitrogens with zero attached hydrogens (tertiary/aromatic N) is 2. The van der Waals surface area contributed by atoms with Crippen LogP contribution in [-0.2, 0) is 29.2 Å². The van der Waals surface area contributed by atoms with Gasteiger partial charge in [-0.2, -0.15) is 0 Å². The van der Waals surface area contributed by atoms with Gasteiger partial charge in [0.1, 0.15) is 11.6 Å². The Bertz CT molecular complexity index is 838. The molecule has 0 spiro atoms. The summed E-state index contributed by atoms with van der Waals surface area (Å²) in [4.78, 5) is 16.7. The van der Waals surface area contributed by atoms with Crippen molar-refractivity contribution < 1.29 is 18.7 Å². The van der Waals surface area contributed by atoms with Crippen molar-refractivity contribution in [3.05, 3.63) is 65.0 Å². The number of piperazine rings is 1. The number of nitrogens with one attached hydrogen (secondary N) is 1. The van der Waals surface area contributed by atoms with Crippen molar-refractivity contribution in [2.75, 3.05) is 46.9 Å². The number of ether oxygens (including phenoxy) is 2. The number of hydrogen-bond acceptors (Lipinski definition) is 5. The fourth-order valence-electron chi connectivity index (χ4n) is 3.67. The Hall–Kier alpha value is -2.48. The van der Waals surface area contributed by atoms with Crippen LogP contribution in [0.2, 0.25) is 0 Å². The summed E-state index contributed by atoms with van der Waals surface area (Å²) in [5, 5.41) is 2.99. The van der Waals surface area contributed by atoms with Crippen LogP contribution in [-0.4, -0.2) is 62.7 Å². The zero-order chi connectivity index (χ0) is 21.3. The smallest absolute Gasteiger partial charge is 0.234 e. The molecule has 1 aliphatic heterocycles. The third kappa shape index (κ3) is 6.52. The summed E-state index contributed by atoms with van der Waals surface area (Å²) in [7, 11) is 3.27. The highest BCUT2D eigenvalue weighted by molar-refractivity contribution is 5.78. The van der Waals surface area contributed by atoms with E-state index in [2.05, 4.69) is 15.1 Å². The topological polar surface area (TPSA) is 54.0 Å². The van der Waals surface area contributed by atoms with Gasteiger partial charge in [0, 0.05) is 51.9 Å². The van der Waals surface area contributed by atoms with E-state index < -0.39 is 0 Å². The van der Waals surface area contributed by atoms with Crippen molar-refractivity contribution in [3.8, 4) is 5.75 Å². The second-order valence-corrected chi connectivity index (χ2v) is 7.54. The maximum Gasteiger partial charge on any atom is 0.234 e. The summed E-state index contributed by atoms with van der Waals surface area (Å²) in [6.45, 7) is 5.34. The molecule has 0 aliphatic carbocycles. The molecule has 0 atom stereocenters. The standard InChI is InChI=1S/C23H30FN3O3/c1-29-17-19-5-3-4-18(12-19)14-25-23(28)16-27-10-8-26(9-11-27)15-20-13-21(24)6-7-22(20)30-2/h3-7,12-13H,8-11,14-17H2,1-2H3,(H,25,28). The van der Waals surface area contributed by atoms with Crippen LogP contribution >= 0.6 is 0 Å². The van der Waals surface area contributed by atoms with Crippen molar-refractivity contribution in [3.63, 3.8) is 0 Å². The average molecular weight is 416 g/mol. The zero-order valence-electron chi connectivity index (χ0n) is 17.7. The second kappa shape index (κ2) is 11.1. The number of benzene rings is 2. The lowest BCUT2D eigenvalue weighted by Crippen LogP contribution is -2.49. The molecule has 0 unspecified atom stereocenters. The van der Waals surface area contributed by atoms with E-state index in [-0.39, 0.29) is 11.7 Å². The van der Waals surface area contributed by atoms with Gasteiger partial charge in [0.2, 0.25) is 5.91 Å². The second-order valence-electron chi connectivity index (χ2n) is 7.54. The number of rotatable bonds is 9. The summed E-state index contributed by atoms with van der Waals surface area (Å²) in [5.41, 5.74) is 3.00. The minimum atomic E-state index is -0.256. The number of carbonyl (C=O) groups excluding carboxylic acids is 1.